The molecule has 0 saturated carbocycles. The van der Waals surface area contributed by atoms with E-state index in [0.717, 1.165) is 25.7 Å². The van der Waals surface area contributed by atoms with Gasteiger partial charge in [-0.3, -0.25) is 0 Å². The van der Waals surface area contributed by atoms with Crippen molar-refractivity contribution in [3.05, 3.63) is 151 Å². The number of rotatable bonds is 4. The third-order valence-corrected chi connectivity index (χ3v) is 9.44. The molecule has 0 radical (unpaired) electrons. The van der Waals surface area contributed by atoms with Gasteiger partial charge in [0.1, 0.15) is 0 Å². The highest BCUT2D eigenvalue weighted by Crippen LogP contribution is 2.40. The lowest BCUT2D eigenvalue weighted by Crippen LogP contribution is -2.05. The lowest BCUT2D eigenvalue weighted by atomic mass is 9.98. The average molecular weight is 565 g/mol. The topological polar surface area (TPSA) is 9.86 Å². The van der Waals surface area contributed by atoms with Gasteiger partial charge in [-0.25, -0.2) is 0 Å². The molecule has 0 saturated heterocycles. The maximum absolute atomic E-state index is 2.54. The summed E-state index contributed by atoms with van der Waals surface area (Å²) in [5, 5.41) is 3.91. The van der Waals surface area contributed by atoms with Gasteiger partial charge in [-0.2, -0.15) is 0 Å². The Labute approximate surface area is 257 Å². The second-order valence-corrected chi connectivity index (χ2v) is 12.0. The smallest absolute Gasteiger partial charge is 0.0541 e. The van der Waals surface area contributed by atoms with Crippen LogP contribution >= 0.6 is 0 Å². The highest BCUT2D eigenvalue weighted by molar-refractivity contribution is 6.11. The van der Waals surface area contributed by atoms with E-state index < -0.39 is 0 Å². The molecule has 0 amide bonds. The van der Waals surface area contributed by atoms with Gasteiger partial charge in [0.05, 0.1) is 16.6 Å². The normalized spacial score (nSPS) is 14.4. The zero-order valence-corrected chi connectivity index (χ0v) is 24.6. The van der Waals surface area contributed by atoms with Crippen LogP contribution in [0.25, 0.3) is 72.4 Å². The van der Waals surface area contributed by atoms with Gasteiger partial charge in [0.25, 0.3) is 0 Å². The van der Waals surface area contributed by atoms with Gasteiger partial charge in [-0.1, -0.05) is 97.1 Å². The minimum Gasteiger partial charge on any atom is -0.317 e. The molecule has 0 unspecified atom stereocenters. The number of allylic oxidation sites excluding steroid dienone is 5. The van der Waals surface area contributed by atoms with Gasteiger partial charge in [0.15, 0.2) is 0 Å². The third kappa shape index (κ3) is 3.95. The van der Waals surface area contributed by atoms with E-state index >= 15 is 0 Å². The quantitative estimate of drug-likeness (QED) is 0.201. The Kier molecular flexibility index (Phi) is 5.80. The first-order chi connectivity index (χ1) is 21.8. The first-order valence-corrected chi connectivity index (χ1v) is 15.7. The number of hydrogen-bond acceptors (Lipinski definition) is 0. The number of para-hydroxylation sites is 1. The molecule has 210 valence electrons. The van der Waals surface area contributed by atoms with E-state index in [1.54, 1.807) is 0 Å². The molecular formula is C42H32N2. The second kappa shape index (κ2) is 10.1. The molecule has 0 spiro atoms. The molecule has 5 aromatic carbocycles. The zero-order chi connectivity index (χ0) is 29.0. The van der Waals surface area contributed by atoms with E-state index in [1.165, 1.54) is 77.6 Å². The zero-order valence-electron chi connectivity index (χ0n) is 24.6. The predicted octanol–water partition coefficient (Wildman–Crippen LogP) is 11.2. The molecule has 2 aliphatic carbocycles. The molecule has 0 atom stereocenters. The van der Waals surface area contributed by atoms with Crippen LogP contribution in [0.15, 0.2) is 140 Å². The Balaban J connectivity index is 1.21. The molecular weight excluding hydrogens is 532 g/mol. The van der Waals surface area contributed by atoms with Gasteiger partial charge in [-0.05, 0) is 96.5 Å². The Morgan fingerprint density at radius 3 is 2.02 bits per heavy atom. The molecule has 0 aliphatic heterocycles. The maximum Gasteiger partial charge on any atom is 0.0541 e. The summed E-state index contributed by atoms with van der Waals surface area (Å²) in [5.74, 6) is 0. The number of hydrogen-bond donors (Lipinski definition) is 0. The van der Waals surface area contributed by atoms with Crippen molar-refractivity contribution in [1.29, 1.82) is 0 Å². The largest absolute Gasteiger partial charge is 0.317 e. The second-order valence-electron chi connectivity index (χ2n) is 12.0. The van der Waals surface area contributed by atoms with Crippen LogP contribution in [0.4, 0.5) is 0 Å². The fourth-order valence-corrected chi connectivity index (χ4v) is 7.39. The monoisotopic (exact) mass is 564 g/mol. The standard InChI is InChI=1S/C42H32N2/c1-3-12-29(13-4-1)30-14-11-17-34(26-30)44-40-21-10-8-19-36(40)38-28-32(23-25-42(38)44)31-22-24-41-37(27-31)35-18-7-9-20-39(35)43(41)33-15-5-2-6-16-33/h1-5,7-8,10-15,17-19,21-28H,6,9,16,20H2. The molecule has 2 aliphatic rings. The maximum atomic E-state index is 2.54. The van der Waals surface area contributed by atoms with Gasteiger partial charge in [-0.15, -0.1) is 0 Å². The average Bonchev–Trinajstić information content (AvgIpc) is 3.61. The van der Waals surface area contributed by atoms with Crippen LogP contribution in [0, 0.1) is 0 Å². The van der Waals surface area contributed by atoms with Crippen LogP contribution in [-0.4, -0.2) is 9.13 Å². The summed E-state index contributed by atoms with van der Waals surface area (Å²) < 4.78 is 4.96. The summed E-state index contributed by atoms with van der Waals surface area (Å²) >= 11 is 0. The van der Waals surface area contributed by atoms with Crippen LogP contribution in [0.5, 0.6) is 0 Å². The lowest BCUT2D eigenvalue weighted by molar-refractivity contribution is 0.863. The first-order valence-electron chi connectivity index (χ1n) is 15.7. The summed E-state index contributed by atoms with van der Waals surface area (Å²) in [6.45, 7) is 0. The SMILES string of the molecule is C1=CCCC(n2c3c(c4cc(-c5ccc6c(c5)c5ccccc5n6-c5cccc(-c6ccccc6)c5)ccc42)C=CCC3)=C1. The van der Waals surface area contributed by atoms with Crippen molar-refractivity contribution in [2.75, 3.05) is 0 Å². The van der Waals surface area contributed by atoms with Crippen molar-refractivity contribution in [2.24, 2.45) is 0 Å². The summed E-state index contributed by atoms with van der Waals surface area (Å²) in [5.41, 5.74) is 14.2. The molecule has 0 fully saturated rings. The summed E-state index contributed by atoms with van der Waals surface area (Å²) in [7, 11) is 0. The van der Waals surface area contributed by atoms with Crippen molar-refractivity contribution >= 4 is 44.5 Å². The van der Waals surface area contributed by atoms with Crippen LogP contribution in [0.3, 0.4) is 0 Å². The molecule has 0 bridgehead atoms. The van der Waals surface area contributed by atoms with Crippen molar-refractivity contribution in [2.45, 2.75) is 25.7 Å². The van der Waals surface area contributed by atoms with E-state index in [1.807, 2.05) is 0 Å². The third-order valence-electron chi connectivity index (χ3n) is 9.44. The minimum absolute atomic E-state index is 1.09. The highest BCUT2D eigenvalue weighted by Gasteiger charge is 2.21. The number of aromatic nitrogens is 2. The van der Waals surface area contributed by atoms with Crippen molar-refractivity contribution in [3.8, 4) is 27.9 Å². The Bertz CT molecular complexity index is 2320. The van der Waals surface area contributed by atoms with Crippen molar-refractivity contribution in [1.82, 2.24) is 9.13 Å². The predicted molar refractivity (Wildman–Crippen MR) is 187 cm³/mol. The summed E-state index contributed by atoms with van der Waals surface area (Å²) in [4.78, 5) is 0. The number of fused-ring (bicyclic) bond motifs is 6. The van der Waals surface area contributed by atoms with Crippen LogP contribution in [0.1, 0.15) is 30.5 Å². The molecule has 2 heteroatoms. The van der Waals surface area contributed by atoms with Crippen LogP contribution in [-0.2, 0) is 6.42 Å². The fraction of sp³-hybridized carbons (Fsp3) is 0.0952. The van der Waals surface area contributed by atoms with E-state index in [2.05, 4.69) is 155 Å². The molecule has 7 aromatic rings. The number of nitrogens with zero attached hydrogens (tertiary/aromatic N) is 2. The summed E-state index contributed by atoms with van der Waals surface area (Å²) in [6, 6.07) is 42.4. The van der Waals surface area contributed by atoms with Gasteiger partial charge < -0.3 is 9.13 Å². The first kappa shape index (κ1) is 25.2. The molecule has 2 aromatic heterocycles. The molecule has 0 N–H and O–H groups in total. The molecule has 44 heavy (non-hydrogen) atoms. The minimum atomic E-state index is 1.09. The Morgan fingerprint density at radius 2 is 1.18 bits per heavy atom. The summed E-state index contributed by atoms with van der Waals surface area (Å²) in [6.07, 6.45) is 15.9. The molecule has 9 rings (SSSR count). The lowest BCUT2D eigenvalue weighted by Gasteiger charge is -2.17. The fourth-order valence-electron chi connectivity index (χ4n) is 7.39. The van der Waals surface area contributed by atoms with Crippen LogP contribution in [0.2, 0.25) is 0 Å². The van der Waals surface area contributed by atoms with Crippen LogP contribution < -0.4 is 0 Å². The van der Waals surface area contributed by atoms with Crippen molar-refractivity contribution in [3.63, 3.8) is 0 Å². The number of benzene rings is 5. The molecule has 2 nitrogen and oxygen atoms in total. The van der Waals surface area contributed by atoms with Gasteiger partial charge in [0.2, 0.25) is 0 Å². The van der Waals surface area contributed by atoms with E-state index in [4.69, 9.17) is 0 Å². The Hall–Kier alpha value is -5.34. The van der Waals surface area contributed by atoms with E-state index in [-0.39, 0.29) is 0 Å². The van der Waals surface area contributed by atoms with E-state index in [9.17, 15) is 0 Å². The highest BCUT2D eigenvalue weighted by atomic mass is 15.0. The van der Waals surface area contributed by atoms with Gasteiger partial charge in [0, 0.05) is 38.8 Å². The Morgan fingerprint density at radius 1 is 0.477 bits per heavy atom. The van der Waals surface area contributed by atoms with Crippen molar-refractivity contribution < 1.29 is 0 Å². The molecule has 2 heterocycles. The van der Waals surface area contributed by atoms with E-state index in [0.29, 0.717) is 0 Å². The van der Waals surface area contributed by atoms with Gasteiger partial charge >= 0.3 is 0 Å².